The maximum Gasteiger partial charge on any atom is 0.115 e. The first-order chi connectivity index (χ1) is 15.1. The van der Waals surface area contributed by atoms with Crippen molar-refractivity contribution >= 4 is 39.7 Å². The van der Waals surface area contributed by atoms with Gasteiger partial charge in [0, 0.05) is 31.9 Å². The van der Waals surface area contributed by atoms with E-state index in [1.807, 2.05) is 30.3 Å². The molecule has 4 heterocycles. The molecule has 2 bridgehead atoms. The van der Waals surface area contributed by atoms with Gasteiger partial charge in [-0.15, -0.1) is 5.11 Å². The van der Waals surface area contributed by atoms with Crippen molar-refractivity contribution in [3.8, 4) is 0 Å². The van der Waals surface area contributed by atoms with Crippen LogP contribution in [-0.4, -0.2) is 83.7 Å². The number of anilines is 1. The fourth-order valence-corrected chi connectivity index (χ4v) is 4.86. The number of aromatic amines is 1. The van der Waals surface area contributed by atoms with E-state index in [2.05, 4.69) is 48.4 Å². The van der Waals surface area contributed by atoms with Crippen molar-refractivity contribution in [1.82, 2.24) is 20.3 Å². The minimum absolute atomic E-state index is 0.612. The predicted octanol–water partition coefficient (Wildman–Crippen LogP) is 4.00. The molecule has 0 atom stereocenters. The highest BCUT2D eigenvalue weighted by atomic mass is 35.5. The lowest BCUT2D eigenvalue weighted by Crippen LogP contribution is -2.68. The van der Waals surface area contributed by atoms with Crippen molar-refractivity contribution in [2.75, 3.05) is 63.8 Å². The van der Waals surface area contributed by atoms with Crippen LogP contribution in [0.15, 0.2) is 46.6 Å². The van der Waals surface area contributed by atoms with Crippen molar-refractivity contribution in [2.45, 2.75) is 6.92 Å². The Balaban J connectivity index is 1.27. The van der Waals surface area contributed by atoms with Crippen LogP contribution in [0.5, 0.6) is 0 Å². The van der Waals surface area contributed by atoms with Gasteiger partial charge >= 0.3 is 0 Å². The summed E-state index contributed by atoms with van der Waals surface area (Å²) in [6.45, 7) is 13.0. The van der Waals surface area contributed by atoms with Crippen LogP contribution in [0.25, 0.3) is 11.0 Å². The van der Waals surface area contributed by atoms with Gasteiger partial charge in [-0.2, -0.15) is 20.5 Å². The van der Waals surface area contributed by atoms with Crippen molar-refractivity contribution in [3.63, 3.8) is 0 Å². The first-order valence-corrected chi connectivity index (χ1v) is 11.4. The molecule has 1 N–H and O–H groups in total. The number of piperazine rings is 3. The van der Waals surface area contributed by atoms with Gasteiger partial charge in [-0.1, -0.05) is 11.6 Å². The van der Waals surface area contributed by atoms with Gasteiger partial charge in [0.15, 0.2) is 0 Å². The molecule has 0 aliphatic carbocycles. The van der Waals surface area contributed by atoms with Gasteiger partial charge in [0.1, 0.15) is 16.7 Å². The molecule has 2 aromatic carbocycles. The summed E-state index contributed by atoms with van der Waals surface area (Å²) in [5, 5.41) is 20.0. The summed E-state index contributed by atoms with van der Waals surface area (Å²) in [5.74, 6) is 0. The van der Waals surface area contributed by atoms with Gasteiger partial charge < -0.3 is 9.38 Å². The third-order valence-electron chi connectivity index (χ3n) is 6.77. The van der Waals surface area contributed by atoms with E-state index >= 15 is 0 Å². The topological polar surface area (TPSA) is 72.8 Å². The maximum atomic E-state index is 6.57. The number of aromatic nitrogens is 3. The number of halogens is 1. The predicted molar refractivity (Wildman–Crippen MR) is 124 cm³/mol. The van der Waals surface area contributed by atoms with Crippen LogP contribution in [-0.2, 0) is 0 Å². The molecule has 0 radical (unpaired) electrons. The molecule has 162 valence electrons. The Bertz CT molecular complexity index is 1070. The summed E-state index contributed by atoms with van der Waals surface area (Å²) in [5.41, 5.74) is 4.09. The zero-order chi connectivity index (χ0) is 21.3. The number of hydrogen-bond acceptors (Lipinski definition) is 6. The lowest BCUT2D eigenvalue weighted by atomic mass is 10.1. The second-order valence-corrected chi connectivity index (χ2v) is 8.90. The molecule has 8 nitrogen and oxygen atoms in total. The van der Waals surface area contributed by atoms with Gasteiger partial charge in [-0.05, 0) is 43.3 Å². The molecule has 3 saturated heterocycles. The molecule has 1 aromatic heterocycles. The minimum atomic E-state index is 0.612. The first-order valence-electron chi connectivity index (χ1n) is 11.0. The van der Waals surface area contributed by atoms with Crippen LogP contribution in [0, 0.1) is 0 Å². The Kier molecular flexibility index (Phi) is 5.60. The van der Waals surface area contributed by atoms with Crippen LogP contribution in [0.2, 0.25) is 5.02 Å². The highest BCUT2D eigenvalue weighted by Gasteiger charge is 2.38. The number of H-pyrrole nitrogens is 1. The Morgan fingerprint density at radius 3 is 2.55 bits per heavy atom. The summed E-state index contributed by atoms with van der Waals surface area (Å²) in [7, 11) is 0. The van der Waals surface area contributed by atoms with Crippen molar-refractivity contribution in [1.29, 1.82) is 0 Å². The largest absolute Gasteiger partial charge is 0.366 e. The summed E-state index contributed by atoms with van der Waals surface area (Å²) in [6.07, 6.45) is 0. The van der Waals surface area contributed by atoms with E-state index < -0.39 is 0 Å². The van der Waals surface area contributed by atoms with Gasteiger partial charge in [-0.25, -0.2) is 0 Å². The lowest BCUT2D eigenvalue weighted by Gasteiger charge is -2.51. The van der Waals surface area contributed by atoms with E-state index in [1.54, 1.807) is 0 Å². The number of rotatable bonds is 7. The molecule has 9 heteroatoms. The molecular formula is C22H28ClN8+. The summed E-state index contributed by atoms with van der Waals surface area (Å²) in [6, 6.07) is 11.6. The molecule has 3 aliphatic heterocycles. The van der Waals surface area contributed by atoms with Crippen LogP contribution >= 0.6 is 11.6 Å². The van der Waals surface area contributed by atoms with E-state index in [4.69, 9.17) is 11.6 Å². The molecule has 0 amide bonds. The van der Waals surface area contributed by atoms with Gasteiger partial charge in [-0.3, -0.25) is 4.90 Å². The molecule has 0 unspecified atom stereocenters. The number of nitrogens with one attached hydrogen (secondary N) is 1. The molecule has 3 aliphatic rings. The number of quaternary nitrogens is 1. The van der Waals surface area contributed by atoms with Gasteiger partial charge in [0.25, 0.3) is 0 Å². The zero-order valence-corrected chi connectivity index (χ0v) is 18.6. The molecule has 0 saturated carbocycles. The highest BCUT2D eigenvalue weighted by Crippen LogP contribution is 2.31. The highest BCUT2D eigenvalue weighted by molar-refractivity contribution is 6.33. The lowest BCUT2D eigenvalue weighted by molar-refractivity contribution is -0.939. The number of azo groups is 1. The van der Waals surface area contributed by atoms with E-state index in [0.29, 0.717) is 16.4 Å². The van der Waals surface area contributed by atoms with Crippen molar-refractivity contribution < 1.29 is 4.48 Å². The molecular weight excluding hydrogens is 412 g/mol. The first kappa shape index (κ1) is 20.4. The Morgan fingerprint density at radius 2 is 1.81 bits per heavy atom. The Morgan fingerprint density at radius 1 is 1.03 bits per heavy atom. The average molecular weight is 440 g/mol. The Labute approximate surface area is 187 Å². The normalized spacial score (nSPS) is 23.1. The fourth-order valence-electron chi connectivity index (χ4n) is 4.65. The third kappa shape index (κ3) is 4.28. The number of likely N-dealkylation sites (N-methyl/N-ethyl adjacent to an activating group) is 1. The number of benzene rings is 2. The van der Waals surface area contributed by atoms with Crippen LogP contribution in [0.3, 0.4) is 0 Å². The summed E-state index contributed by atoms with van der Waals surface area (Å²) < 4.78 is 1.27. The fraction of sp³-hybridized carbons (Fsp3) is 0.455. The quantitative estimate of drug-likeness (QED) is 0.446. The van der Waals surface area contributed by atoms with Crippen molar-refractivity contribution in [2.24, 2.45) is 10.2 Å². The summed E-state index contributed by atoms with van der Waals surface area (Å²) >= 11 is 6.57. The van der Waals surface area contributed by atoms with E-state index in [9.17, 15) is 0 Å². The second kappa shape index (κ2) is 8.53. The number of hydrogen-bond donors (Lipinski definition) is 1. The standard InChI is InChI=1S/C22H28ClN8/c1-2-30(10-14-31-11-7-29(8-12-31)9-13-31)18-4-6-20(19(23)16-18)25-24-17-3-5-21-22(15-17)27-28-26-21/h3-6,15-16H,2,7-14H2,1H3,(H,26,27,28)/q+1. The SMILES string of the molecule is CCN(CC[N+]12CCN(CC1)CC2)c1ccc(N=Nc2ccc3n[nH]nc3c2)c(Cl)c1. The number of nitrogens with zero attached hydrogens (tertiary/aromatic N) is 7. The number of fused-ring (bicyclic) bond motifs is 4. The Hall–Kier alpha value is -2.55. The van der Waals surface area contributed by atoms with E-state index in [1.165, 1.54) is 50.3 Å². The third-order valence-corrected chi connectivity index (χ3v) is 7.07. The monoisotopic (exact) mass is 439 g/mol. The van der Waals surface area contributed by atoms with Crippen LogP contribution < -0.4 is 4.90 Å². The van der Waals surface area contributed by atoms with Gasteiger partial charge in [0.05, 0.1) is 43.4 Å². The molecule has 6 rings (SSSR count). The molecule has 31 heavy (non-hydrogen) atoms. The molecule has 3 aromatic rings. The summed E-state index contributed by atoms with van der Waals surface area (Å²) in [4.78, 5) is 5.01. The second-order valence-electron chi connectivity index (χ2n) is 8.49. The van der Waals surface area contributed by atoms with Crippen molar-refractivity contribution in [3.05, 3.63) is 41.4 Å². The molecule has 3 fully saturated rings. The molecule has 0 spiro atoms. The zero-order valence-electron chi connectivity index (χ0n) is 17.8. The average Bonchev–Trinajstić information content (AvgIpc) is 3.28. The smallest absolute Gasteiger partial charge is 0.115 e. The minimum Gasteiger partial charge on any atom is -0.366 e. The van der Waals surface area contributed by atoms with E-state index in [-0.39, 0.29) is 0 Å². The maximum absolute atomic E-state index is 6.57. The van der Waals surface area contributed by atoms with Crippen LogP contribution in [0.1, 0.15) is 6.92 Å². The van der Waals surface area contributed by atoms with Gasteiger partial charge in [0.2, 0.25) is 0 Å². The van der Waals surface area contributed by atoms with E-state index in [0.717, 1.165) is 29.8 Å². The van der Waals surface area contributed by atoms with Crippen LogP contribution in [0.4, 0.5) is 17.1 Å².